The maximum absolute atomic E-state index is 10.4. The van der Waals surface area contributed by atoms with Crippen molar-refractivity contribution < 1.29 is 45.4 Å². The lowest BCUT2D eigenvalue weighted by molar-refractivity contribution is -1.63. The molecule has 1 N–H and O–H groups in total. The van der Waals surface area contributed by atoms with E-state index in [1.54, 1.807) is 0 Å². The lowest BCUT2D eigenvalue weighted by atomic mass is 10.2. The zero-order valence-corrected chi connectivity index (χ0v) is 10.6. The van der Waals surface area contributed by atoms with Crippen LogP contribution in [0.1, 0.15) is 6.42 Å². The number of likely N-dealkylation sites (N-methyl/N-ethyl adjacent to an activating group) is 1. The summed E-state index contributed by atoms with van der Waals surface area (Å²) < 4.78 is 25.8. The van der Waals surface area contributed by atoms with Gasteiger partial charge in [-0.15, -0.1) is 0 Å². The van der Waals surface area contributed by atoms with Gasteiger partial charge in [0, 0.05) is 0 Å². The molecule has 0 rings (SSSR count). The average molecular weight is 320 g/mol. The van der Waals surface area contributed by atoms with Gasteiger partial charge in [-0.05, 0) is 3.07 Å². The van der Waals surface area contributed by atoms with Gasteiger partial charge in [0.05, 0.1) is 27.6 Å². The van der Waals surface area contributed by atoms with E-state index in [9.17, 15) is 11.7 Å². The van der Waals surface area contributed by atoms with E-state index in [0.29, 0.717) is 11.0 Å². The van der Waals surface area contributed by atoms with Crippen LogP contribution in [0.15, 0.2) is 0 Å². The Bertz CT molecular complexity index is 191. The molecule has 0 spiro atoms. The maximum Gasteiger partial charge on any atom is 0.507 e. The van der Waals surface area contributed by atoms with Crippen molar-refractivity contribution in [2.75, 3.05) is 27.7 Å². The molecule has 0 fully saturated rings. The number of hydrogen-bond donors (Lipinski definition) is 1. The molecule has 1 atom stereocenters. The van der Waals surface area contributed by atoms with Gasteiger partial charge < -0.3 is 16.5 Å². The SMILES string of the molecule is C[N+](C)(C)C[C@@H](CC(=O)O)O[I+2]([O-])[O-]. The lowest BCUT2D eigenvalue weighted by Crippen LogP contribution is -3.99. The maximum atomic E-state index is 10.4. The molecular formula is C7H15INO5+. The number of quaternary nitrogens is 1. The summed E-state index contributed by atoms with van der Waals surface area (Å²) in [5, 5.41) is 8.52. The van der Waals surface area contributed by atoms with Crippen molar-refractivity contribution in [2.24, 2.45) is 0 Å². The summed E-state index contributed by atoms with van der Waals surface area (Å²) in [6.07, 6.45) is -1.04. The second kappa shape index (κ2) is 5.81. The number of carboxylic acid groups (broad SMARTS) is 1. The van der Waals surface area contributed by atoms with Gasteiger partial charge in [0.15, 0.2) is 0 Å². The van der Waals surface area contributed by atoms with Gasteiger partial charge in [-0.25, -0.2) is 0 Å². The molecule has 0 unspecified atom stereocenters. The summed E-state index contributed by atoms with van der Waals surface area (Å²) in [6.45, 7) is 0.352. The minimum Gasteiger partial charge on any atom is -0.481 e. The van der Waals surface area contributed by atoms with Crippen LogP contribution >= 0.6 is 0 Å². The molecule has 14 heavy (non-hydrogen) atoms. The summed E-state index contributed by atoms with van der Waals surface area (Å²) in [6, 6.07) is 0. The smallest absolute Gasteiger partial charge is 0.481 e. The van der Waals surface area contributed by atoms with Gasteiger partial charge in [0.25, 0.3) is 0 Å². The van der Waals surface area contributed by atoms with Crippen LogP contribution in [0.2, 0.25) is 0 Å². The Morgan fingerprint density at radius 1 is 1.50 bits per heavy atom. The monoisotopic (exact) mass is 320 g/mol. The van der Waals surface area contributed by atoms with Crippen LogP contribution in [0.25, 0.3) is 0 Å². The molecule has 0 aliphatic rings. The number of aliphatic carboxylic acids is 1. The molecule has 0 aliphatic heterocycles. The number of halogens is 1. The van der Waals surface area contributed by atoms with Crippen molar-refractivity contribution in [1.82, 2.24) is 0 Å². The first-order chi connectivity index (χ1) is 6.20. The van der Waals surface area contributed by atoms with E-state index >= 15 is 0 Å². The highest BCUT2D eigenvalue weighted by atomic mass is 127. The van der Waals surface area contributed by atoms with E-state index in [1.165, 1.54) is 0 Å². The molecule has 7 heteroatoms. The molecule has 0 saturated heterocycles. The quantitative estimate of drug-likeness (QED) is 0.390. The van der Waals surface area contributed by atoms with Crippen LogP contribution in [-0.4, -0.2) is 49.4 Å². The Morgan fingerprint density at radius 2 is 2.00 bits per heavy atom. The van der Waals surface area contributed by atoms with Gasteiger partial charge in [-0.3, -0.25) is 4.79 Å². The van der Waals surface area contributed by atoms with Crippen LogP contribution in [0, 0.1) is 0 Å². The van der Waals surface area contributed by atoms with Crippen molar-refractivity contribution in [1.29, 1.82) is 0 Å². The molecule has 0 aromatic rings. The summed E-state index contributed by atoms with van der Waals surface area (Å²) >= 11 is -3.81. The highest BCUT2D eigenvalue weighted by Crippen LogP contribution is 2.01. The van der Waals surface area contributed by atoms with E-state index < -0.39 is 33.1 Å². The molecule has 0 aliphatic carbocycles. The Balaban J connectivity index is 4.17. The second-order valence-electron chi connectivity index (χ2n) is 3.97. The molecule has 0 amide bonds. The molecule has 84 valence electrons. The molecule has 6 nitrogen and oxygen atoms in total. The molecule has 0 radical (unpaired) electrons. The van der Waals surface area contributed by atoms with Crippen molar-refractivity contribution in [2.45, 2.75) is 12.5 Å². The fourth-order valence-electron chi connectivity index (χ4n) is 1.03. The van der Waals surface area contributed by atoms with Crippen molar-refractivity contribution >= 4 is 5.97 Å². The summed E-state index contributed by atoms with van der Waals surface area (Å²) in [4.78, 5) is 10.4. The summed E-state index contributed by atoms with van der Waals surface area (Å²) in [7, 11) is 5.52. The number of rotatable bonds is 6. The topological polar surface area (TPSA) is 92.7 Å². The van der Waals surface area contributed by atoms with Crippen LogP contribution in [-0.2, 0) is 7.86 Å². The van der Waals surface area contributed by atoms with Crippen LogP contribution < -0.4 is 27.9 Å². The summed E-state index contributed by atoms with van der Waals surface area (Å²) in [5.74, 6) is -1.05. The van der Waals surface area contributed by atoms with Crippen molar-refractivity contribution in [3.63, 3.8) is 0 Å². The van der Waals surface area contributed by atoms with Gasteiger partial charge in [-0.1, -0.05) is 0 Å². The minimum absolute atomic E-state index is 0.284. The Morgan fingerprint density at radius 3 is 2.29 bits per heavy atom. The molecule has 0 aromatic heterocycles. The zero-order chi connectivity index (χ0) is 11.4. The third-order valence-electron chi connectivity index (χ3n) is 1.35. The van der Waals surface area contributed by atoms with E-state index in [1.807, 2.05) is 21.1 Å². The Hall–Kier alpha value is 0.0400. The molecule has 0 bridgehead atoms. The standard InChI is InChI=1S/C7H14INO5/c1-9(2,3)5-6(4-7(10)11)14-8(12)13/h6H,4-5H2,1-3H3/p+1/t6-/m1/s1. The van der Waals surface area contributed by atoms with E-state index in [0.717, 1.165) is 0 Å². The molecule has 0 aromatic carbocycles. The third-order valence-corrected chi connectivity index (χ3v) is 2.49. The second-order valence-corrected chi connectivity index (χ2v) is 5.56. The van der Waals surface area contributed by atoms with E-state index in [4.69, 9.17) is 5.11 Å². The molecule has 0 heterocycles. The lowest BCUT2D eigenvalue weighted by Gasteiger charge is -2.25. The highest BCUT2D eigenvalue weighted by Gasteiger charge is 2.31. The van der Waals surface area contributed by atoms with Crippen molar-refractivity contribution in [3.05, 3.63) is 0 Å². The van der Waals surface area contributed by atoms with E-state index in [-0.39, 0.29) is 6.42 Å². The number of hydrogen-bond acceptors (Lipinski definition) is 4. The van der Waals surface area contributed by atoms with Crippen LogP contribution in [0.3, 0.4) is 0 Å². The third kappa shape index (κ3) is 8.63. The number of nitrogens with zero attached hydrogens (tertiary/aromatic N) is 1. The zero-order valence-electron chi connectivity index (χ0n) is 8.40. The van der Waals surface area contributed by atoms with Crippen LogP contribution in [0.4, 0.5) is 0 Å². The Kier molecular flexibility index (Phi) is 5.83. The predicted molar refractivity (Wildman–Crippen MR) is 40.0 cm³/mol. The van der Waals surface area contributed by atoms with E-state index in [2.05, 4.69) is 3.07 Å². The first kappa shape index (κ1) is 14.0. The first-order valence-electron chi connectivity index (χ1n) is 3.95. The molecule has 0 saturated carbocycles. The Labute approximate surface area is 91.7 Å². The van der Waals surface area contributed by atoms with Gasteiger partial charge >= 0.3 is 27.0 Å². The molecular weight excluding hydrogens is 305 g/mol. The summed E-state index contributed by atoms with van der Waals surface area (Å²) in [5.41, 5.74) is 0. The van der Waals surface area contributed by atoms with Gasteiger partial charge in [0.1, 0.15) is 6.54 Å². The fraction of sp³-hybridized carbons (Fsp3) is 0.857. The minimum atomic E-state index is -3.81. The first-order valence-corrected chi connectivity index (χ1v) is 6.60. The highest BCUT2D eigenvalue weighted by molar-refractivity contribution is 5.67. The normalized spacial score (nSPS) is 14.4. The number of carbonyl (C=O) groups is 1. The van der Waals surface area contributed by atoms with Crippen molar-refractivity contribution in [3.8, 4) is 0 Å². The average Bonchev–Trinajstić information content (AvgIpc) is 1.77. The number of carboxylic acids is 1. The van der Waals surface area contributed by atoms with Gasteiger partial charge in [-0.2, -0.15) is 0 Å². The van der Waals surface area contributed by atoms with Crippen LogP contribution in [0.5, 0.6) is 0 Å². The fourth-order valence-corrected chi connectivity index (χ4v) is 1.96. The largest absolute Gasteiger partial charge is 0.507 e. The van der Waals surface area contributed by atoms with Gasteiger partial charge in [0.2, 0.25) is 6.10 Å². The predicted octanol–water partition coefficient (Wildman–Crippen LogP) is -5.36.